The van der Waals surface area contributed by atoms with Crippen molar-refractivity contribution < 1.29 is 18.6 Å². The van der Waals surface area contributed by atoms with E-state index in [2.05, 4.69) is 0 Å². The first-order valence-corrected chi connectivity index (χ1v) is 4.67. The maximum atomic E-state index is 12.4. The lowest BCUT2D eigenvalue weighted by Gasteiger charge is -2.14. The van der Waals surface area contributed by atoms with Crippen molar-refractivity contribution in [2.45, 2.75) is 19.3 Å². The molecule has 0 aliphatic carbocycles. The average molecular weight is 216 g/mol. The Morgan fingerprint density at radius 3 is 2.53 bits per heavy atom. The normalized spacial score (nSPS) is 12.9. The molecule has 1 rings (SSSR count). The van der Waals surface area contributed by atoms with E-state index in [1.165, 1.54) is 25.3 Å². The van der Waals surface area contributed by atoms with Gasteiger partial charge in [-0.3, -0.25) is 0 Å². The molecule has 2 nitrogen and oxygen atoms in total. The number of hydrogen-bond donors (Lipinski definition) is 1. The molecule has 0 aliphatic rings. The fourth-order valence-corrected chi connectivity index (χ4v) is 1.37. The lowest BCUT2D eigenvalue weighted by molar-refractivity contribution is 0.151. The van der Waals surface area contributed by atoms with Crippen molar-refractivity contribution in [3.8, 4) is 5.75 Å². The quantitative estimate of drug-likeness (QED) is 0.838. The van der Waals surface area contributed by atoms with E-state index in [1.807, 2.05) is 0 Å². The number of halogens is 2. The summed E-state index contributed by atoms with van der Waals surface area (Å²) in [6, 6.07) is 4.21. The summed E-state index contributed by atoms with van der Waals surface area (Å²) in [6.45, 7) is 1.66. The van der Waals surface area contributed by atoms with Crippen LogP contribution in [0.5, 0.6) is 5.75 Å². The zero-order chi connectivity index (χ0) is 11.4. The van der Waals surface area contributed by atoms with E-state index in [0.717, 1.165) is 0 Å². The Balaban J connectivity index is 3.13. The monoisotopic (exact) mass is 216 g/mol. The zero-order valence-corrected chi connectivity index (χ0v) is 8.71. The number of rotatable bonds is 4. The second kappa shape index (κ2) is 5.07. The summed E-state index contributed by atoms with van der Waals surface area (Å²) >= 11 is 0. The van der Waals surface area contributed by atoms with E-state index >= 15 is 0 Å². The molecule has 0 fully saturated rings. The van der Waals surface area contributed by atoms with Gasteiger partial charge in [-0.25, -0.2) is 8.78 Å². The molecule has 0 saturated carbocycles. The van der Waals surface area contributed by atoms with Gasteiger partial charge in [-0.1, -0.05) is 6.92 Å². The smallest absolute Gasteiger partial charge is 0.263 e. The van der Waals surface area contributed by atoms with Gasteiger partial charge in [0, 0.05) is 18.1 Å². The Kier molecular flexibility index (Phi) is 4.03. The number of ether oxygens (including phenoxy) is 1. The van der Waals surface area contributed by atoms with Crippen LogP contribution >= 0.6 is 0 Å². The number of hydrogen-bond acceptors (Lipinski definition) is 2. The molecule has 4 heteroatoms. The second-order valence-electron chi connectivity index (χ2n) is 3.39. The van der Waals surface area contributed by atoms with Crippen LogP contribution in [0.4, 0.5) is 8.78 Å². The van der Waals surface area contributed by atoms with Crippen molar-refractivity contribution in [2.24, 2.45) is 0 Å². The van der Waals surface area contributed by atoms with Crippen LogP contribution in [0.3, 0.4) is 0 Å². The highest BCUT2D eigenvalue weighted by Gasteiger charge is 2.15. The first-order chi connectivity index (χ1) is 7.10. The molecule has 1 atom stereocenters. The Morgan fingerprint density at radius 1 is 1.40 bits per heavy atom. The minimum atomic E-state index is -2.50. The molecule has 84 valence electrons. The highest BCUT2D eigenvalue weighted by Crippen LogP contribution is 2.30. The van der Waals surface area contributed by atoms with Crippen molar-refractivity contribution in [1.82, 2.24) is 0 Å². The Morgan fingerprint density at radius 2 is 2.07 bits per heavy atom. The third-order valence-corrected chi connectivity index (χ3v) is 2.31. The van der Waals surface area contributed by atoms with E-state index in [-0.39, 0.29) is 18.1 Å². The van der Waals surface area contributed by atoms with Crippen LogP contribution < -0.4 is 4.74 Å². The summed E-state index contributed by atoms with van der Waals surface area (Å²) in [5, 5.41) is 8.99. The first-order valence-electron chi connectivity index (χ1n) is 4.67. The number of aliphatic hydroxyl groups excluding tert-OH is 1. The van der Waals surface area contributed by atoms with Crippen LogP contribution in [-0.2, 0) is 0 Å². The summed E-state index contributed by atoms with van der Waals surface area (Å²) in [7, 11) is 1.48. The molecule has 0 aromatic heterocycles. The number of methoxy groups -OCH3 is 1. The Labute approximate surface area is 87.5 Å². The SMILES string of the molecule is COc1ccc(C(F)F)cc1C(C)CO. The lowest BCUT2D eigenvalue weighted by Crippen LogP contribution is -2.03. The molecule has 1 unspecified atom stereocenters. The van der Waals surface area contributed by atoms with Crippen LogP contribution in [0.15, 0.2) is 18.2 Å². The van der Waals surface area contributed by atoms with Gasteiger partial charge in [-0.2, -0.15) is 0 Å². The third-order valence-electron chi connectivity index (χ3n) is 2.31. The minimum Gasteiger partial charge on any atom is -0.496 e. The molecular weight excluding hydrogens is 202 g/mol. The largest absolute Gasteiger partial charge is 0.496 e. The summed E-state index contributed by atoms with van der Waals surface area (Å²) < 4.78 is 29.9. The summed E-state index contributed by atoms with van der Waals surface area (Å²) in [5.74, 6) is 0.319. The molecule has 0 amide bonds. The molecule has 1 aromatic carbocycles. The van der Waals surface area contributed by atoms with Gasteiger partial charge in [0.05, 0.1) is 7.11 Å². The Hall–Kier alpha value is -1.16. The van der Waals surface area contributed by atoms with Gasteiger partial charge in [0.25, 0.3) is 6.43 Å². The highest BCUT2D eigenvalue weighted by atomic mass is 19.3. The van der Waals surface area contributed by atoms with Crippen LogP contribution in [0.2, 0.25) is 0 Å². The van der Waals surface area contributed by atoms with Gasteiger partial charge < -0.3 is 9.84 Å². The average Bonchev–Trinajstić information content (AvgIpc) is 2.27. The minimum absolute atomic E-state index is 0.0499. The number of benzene rings is 1. The predicted molar refractivity (Wildman–Crippen MR) is 53.5 cm³/mol. The van der Waals surface area contributed by atoms with Gasteiger partial charge in [0.2, 0.25) is 0 Å². The molecule has 0 aliphatic heterocycles. The summed E-state index contributed by atoms with van der Waals surface area (Å²) in [6.07, 6.45) is -2.50. The summed E-state index contributed by atoms with van der Waals surface area (Å²) in [5.41, 5.74) is 0.559. The van der Waals surface area contributed by atoms with Crippen molar-refractivity contribution >= 4 is 0 Å². The molecule has 1 N–H and O–H groups in total. The van der Waals surface area contributed by atoms with Gasteiger partial charge in [0.1, 0.15) is 5.75 Å². The van der Waals surface area contributed by atoms with E-state index < -0.39 is 6.43 Å². The molecular formula is C11H14F2O2. The molecule has 0 radical (unpaired) electrons. The Bertz CT molecular complexity index is 326. The molecule has 0 heterocycles. The van der Waals surface area contributed by atoms with E-state index in [1.54, 1.807) is 6.92 Å². The molecule has 0 bridgehead atoms. The predicted octanol–water partition coefficient (Wildman–Crippen LogP) is 2.73. The highest BCUT2D eigenvalue weighted by molar-refractivity contribution is 5.40. The van der Waals surface area contributed by atoms with Crippen LogP contribution in [0.1, 0.15) is 30.4 Å². The molecule has 0 spiro atoms. The van der Waals surface area contributed by atoms with Gasteiger partial charge in [-0.15, -0.1) is 0 Å². The third kappa shape index (κ3) is 2.65. The van der Waals surface area contributed by atoms with Gasteiger partial charge in [0.15, 0.2) is 0 Å². The van der Waals surface area contributed by atoms with Crippen molar-refractivity contribution in [1.29, 1.82) is 0 Å². The van der Waals surface area contributed by atoms with Gasteiger partial charge in [-0.05, 0) is 23.8 Å². The molecule has 1 aromatic rings. The number of alkyl halides is 2. The lowest BCUT2D eigenvalue weighted by atomic mass is 9.98. The van der Waals surface area contributed by atoms with E-state index in [4.69, 9.17) is 9.84 Å². The fraction of sp³-hybridized carbons (Fsp3) is 0.455. The maximum absolute atomic E-state index is 12.4. The van der Waals surface area contributed by atoms with E-state index in [9.17, 15) is 8.78 Å². The van der Waals surface area contributed by atoms with Crippen LogP contribution in [0, 0.1) is 0 Å². The van der Waals surface area contributed by atoms with Crippen molar-refractivity contribution in [3.05, 3.63) is 29.3 Å². The maximum Gasteiger partial charge on any atom is 0.263 e. The molecule has 15 heavy (non-hydrogen) atoms. The van der Waals surface area contributed by atoms with Crippen molar-refractivity contribution in [2.75, 3.05) is 13.7 Å². The fourth-order valence-electron chi connectivity index (χ4n) is 1.37. The van der Waals surface area contributed by atoms with Crippen LogP contribution in [0.25, 0.3) is 0 Å². The standard InChI is InChI=1S/C11H14F2O2/c1-7(6-14)9-5-8(11(12)13)3-4-10(9)15-2/h3-5,7,11,14H,6H2,1-2H3. The van der Waals surface area contributed by atoms with E-state index in [0.29, 0.717) is 11.3 Å². The zero-order valence-electron chi connectivity index (χ0n) is 8.71. The summed E-state index contributed by atoms with van der Waals surface area (Å²) in [4.78, 5) is 0. The molecule has 0 saturated heterocycles. The van der Waals surface area contributed by atoms with Crippen molar-refractivity contribution in [3.63, 3.8) is 0 Å². The second-order valence-corrected chi connectivity index (χ2v) is 3.39. The van der Waals surface area contributed by atoms with Crippen LogP contribution in [-0.4, -0.2) is 18.8 Å². The topological polar surface area (TPSA) is 29.5 Å². The van der Waals surface area contributed by atoms with Gasteiger partial charge >= 0.3 is 0 Å². The number of aliphatic hydroxyl groups is 1. The first kappa shape index (κ1) is 11.9.